The number of hydrogen-bond donors (Lipinski definition) is 7. The molecule has 2 aliphatic carbocycles. The summed E-state index contributed by atoms with van der Waals surface area (Å²) in [6.07, 6.45) is 5.95. The van der Waals surface area contributed by atoms with E-state index in [0.29, 0.717) is 88.6 Å². The molecule has 0 fully saturated rings. The Morgan fingerprint density at radius 3 is 2.31 bits per heavy atom. The zero-order chi connectivity index (χ0) is 55.4. The van der Waals surface area contributed by atoms with Crippen LogP contribution in [0.2, 0.25) is 0 Å². The van der Waals surface area contributed by atoms with Gasteiger partial charge in [0.15, 0.2) is 11.7 Å². The van der Waals surface area contributed by atoms with Gasteiger partial charge in [-0.15, -0.1) is 0 Å². The summed E-state index contributed by atoms with van der Waals surface area (Å²) < 4.78 is 28.2. The van der Waals surface area contributed by atoms with Crippen molar-refractivity contribution in [2.75, 3.05) is 32.9 Å². The molecule has 4 atom stereocenters. The van der Waals surface area contributed by atoms with E-state index < -0.39 is 103 Å². The van der Waals surface area contributed by atoms with Gasteiger partial charge in [-0.1, -0.05) is 49.8 Å². The maximum Gasteiger partial charge on any atom is 0.343 e. The first kappa shape index (κ1) is 54.4. The van der Waals surface area contributed by atoms with Gasteiger partial charge in [-0.05, 0) is 79.3 Å². The maximum absolute atomic E-state index is 15.5. The van der Waals surface area contributed by atoms with Crippen LogP contribution in [0.3, 0.4) is 0 Å². The minimum absolute atomic E-state index is 0.0334. The lowest BCUT2D eigenvalue weighted by atomic mass is 9.81. The number of carbonyl (C=O) groups excluding carboxylic acids is 9. The highest BCUT2D eigenvalue weighted by atomic mass is 19.1. The van der Waals surface area contributed by atoms with E-state index in [1.807, 2.05) is 0 Å². The Labute approximate surface area is 445 Å². The summed E-state index contributed by atoms with van der Waals surface area (Å²) in [7, 11) is 0. The molecule has 5 aliphatic rings. The molecule has 8 amide bonds. The number of esters is 1. The van der Waals surface area contributed by atoms with Gasteiger partial charge in [0.05, 0.1) is 54.7 Å². The number of rotatable bonds is 23. The standard InChI is InChI=1S/C55H58FN9O13/c1-3-55(76)35-21-40-49-33(26-65(40)53(74)34(35)27-77-54(55)75)48-37(16-15-32-29(2)36(56)22-38(62-49)47(32)48)63-52(73)50(31-13-14-31)78-28-60-43(68)24-59-51(72)39(20-30-10-6-4-7-11-30)61-44(69)25-58-42(67)23-57-41(66)12-8-5-9-19-64-45(70)17-18-46(64)71/h4,6-7,10-11,13,17-18,21-22,37,39,50,76H,3,5,8-9,12,14-16,19-20,23-28H2,1-2H3,(H,57,66)(H,58,67)(H,59,72)(H,60,68)(H,61,69)(H,63,73)/t37-,39-,50-,55-/m0/s1. The Balaban J connectivity index is 0.778. The lowest BCUT2D eigenvalue weighted by molar-refractivity contribution is -0.172. The van der Waals surface area contributed by atoms with Gasteiger partial charge in [0.1, 0.15) is 25.2 Å². The van der Waals surface area contributed by atoms with Crippen LogP contribution in [-0.4, -0.2) is 118 Å². The third kappa shape index (κ3) is 11.5. The molecule has 0 bridgehead atoms. The first-order valence-electron chi connectivity index (χ1n) is 25.8. The van der Waals surface area contributed by atoms with E-state index in [4.69, 9.17) is 14.5 Å². The second-order valence-corrected chi connectivity index (χ2v) is 19.7. The Kier molecular flexibility index (Phi) is 16.1. The highest BCUT2D eigenvalue weighted by molar-refractivity contribution is 6.12. The fourth-order valence-corrected chi connectivity index (χ4v) is 10.3. The van der Waals surface area contributed by atoms with E-state index >= 15 is 4.39 Å². The Bertz CT molecular complexity index is 3280. The number of aryl methyl sites for hydroxylation is 1. The molecule has 0 spiro atoms. The number of unbranched alkanes of at least 4 members (excludes halogenated alkanes) is 2. The Morgan fingerprint density at radius 1 is 0.872 bits per heavy atom. The molecular weight excluding hydrogens is 1010 g/mol. The molecule has 2 aromatic carbocycles. The largest absolute Gasteiger partial charge is 0.458 e. The van der Waals surface area contributed by atoms with Crippen molar-refractivity contribution in [3.8, 4) is 11.4 Å². The number of nitrogens with zero attached hydrogens (tertiary/aromatic N) is 3. The lowest BCUT2D eigenvalue weighted by Gasteiger charge is -2.31. The SMILES string of the molecule is CC[C@@]1(O)C(=O)OCc2c1cc1n(c2=O)Cc2c-1nc1cc(F)c(C)c3c1c2[C@@H](NC(=O)[C@@H](OCNC(=O)CNC(=O)[C@H](Cc1ccccc1)NC(=O)CNC(=O)CNC(=O)CCCCCN1C(=O)C=CC1=O)C1=CC1)CC3. The first-order chi connectivity index (χ1) is 37.4. The number of cyclic esters (lactones) is 1. The van der Waals surface area contributed by atoms with Gasteiger partial charge >= 0.3 is 5.97 Å². The number of allylic oxidation sites excluding steroid dienone is 1. The van der Waals surface area contributed by atoms with Crippen LogP contribution in [0.15, 0.2) is 71.1 Å². The summed E-state index contributed by atoms with van der Waals surface area (Å²) in [4.78, 5) is 135. The number of benzene rings is 2. The molecule has 4 aromatic rings. The van der Waals surface area contributed by atoms with Crippen molar-refractivity contribution in [3.63, 3.8) is 0 Å². The average Bonchev–Trinajstić information content (AvgIpc) is 4.32. The summed E-state index contributed by atoms with van der Waals surface area (Å²) in [5, 5.41) is 27.7. The minimum atomic E-state index is -2.06. The number of aliphatic hydroxyl groups is 1. The molecule has 9 rings (SSSR count). The number of carbonyl (C=O) groups is 9. The van der Waals surface area contributed by atoms with Crippen LogP contribution < -0.4 is 37.5 Å². The van der Waals surface area contributed by atoms with Gasteiger partial charge in [0, 0.05) is 54.1 Å². The number of nitrogens with one attached hydrogen (secondary N) is 6. The van der Waals surface area contributed by atoms with Crippen molar-refractivity contribution in [3.05, 3.63) is 121 Å². The van der Waals surface area contributed by atoms with Gasteiger partial charge in [-0.2, -0.15) is 0 Å². The number of halogens is 1. The van der Waals surface area contributed by atoms with Crippen molar-refractivity contribution in [2.24, 2.45) is 0 Å². The highest BCUT2D eigenvalue weighted by Crippen LogP contribution is 2.46. The van der Waals surface area contributed by atoms with Crippen LogP contribution in [0.5, 0.6) is 0 Å². The molecule has 0 unspecified atom stereocenters. The van der Waals surface area contributed by atoms with Crippen molar-refractivity contribution in [1.82, 2.24) is 46.4 Å². The Hall–Kier alpha value is -8.44. The van der Waals surface area contributed by atoms with Crippen molar-refractivity contribution >= 4 is 64.1 Å². The smallest absolute Gasteiger partial charge is 0.343 e. The first-order valence-corrected chi connectivity index (χ1v) is 25.8. The molecule has 0 radical (unpaired) electrons. The number of imide groups is 1. The number of amides is 8. The maximum atomic E-state index is 15.5. The number of fused-ring (bicyclic) bond motifs is 5. The van der Waals surface area contributed by atoms with Crippen LogP contribution in [0.4, 0.5) is 4.39 Å². The third-order valence-corrected chi connectivity index (χ3v) is 14.7. The van der Waals surface area contributed by atoms with E-state index in [1.54, 1.807) is 56.3 Å². The van der Waals surface area contributed by atoms with Crippen molar-refractivity contribution in [1.29, 1.82) is 0 Å². The second-order valence-electron chi connectivity index (χ2n) is 19.7. The molecule has 22 nitrogen and oxygen atoms in total. The van der Waals surface area contributed by atoms with Crippen LogP contribution >= 0.6 is 0 Å². The highest BCUT2D eigenvalue weighted by Gasteiger charge is 2.46. The normalized spacial score (nSPS) is 18.2. The van der Waals surface area contributed by atoms with Gasteiger partial charge in [-0.25, -0.2) is 14.2 Å². The van der Waals surface area contributed by atoms with Gasteiger partial charge in [0.25, 0.3) is 23.3 Å². The van der Waals surface area contributed by atoms with E-state index in [0.717, 1.165) is 10.5 Å². The zero-order valence-electron chi connectivity index (χ0n) is 42.9. The second kappa shape index (κ2) is 23.0. The molecular formula is C55H58FN9O13. The van der Waals surface area contributed by atoms with Gasteiger partial charge in [-0.3, -0.25) is 48.1 Å². The molecule has 0 saturated heterocycles. The van der Waals surface area contributed by atoms with Crippen LogP contribution in [0, 0.1) is 12.7 Å². The molecule has 3 aliphatic heterocycles. The molecule has 408 valence electrons. The predicted molar refractivity (Wildman–Crippen MR) is 274 cm³/mol. The summed E-state index contributed by atoms with van der Waals surface area (Å²) in [5.74, 6) is -5.76. The van der Waals surface area contributed by atoms with Gasteiger partial charge in [0.2, 0.25) is 29.5 Å². The summed E-state index contributed by atoms with van der Waals surface area (Å²) in [6, 6.07) is 9.84. The van der Waals surface area contributed by atoms with Gasteiger partial charge < -0.3 is 51.0 Å². The van der Waals surface area contributed by atoms with Crippen LogP contribution in [0.1, 0.15) is 96.9 Å². The van der Waals surface area contributed by atoms with E-state index in [2.05, 4.69) is 31.9 Å². The lowest BCUT2D eigenvalue weighted by Crippen LogP contribution is -2.52. The van der Waals surface area contributed by atoms with Crippen LogP contribution in [0.25, 0.3) is 22.3 Å². The summed E-state index contributed by atoms with van der Waals surface area (Å²) in [5.41, 5.74) is 2.50. The molecule has 78 heavy (non-hydrogen) atoms. The quantitative estimate of drug-likeness (QED) is 0.0158. The number of hydrogen-bond acceptors (Lipinski definition) is 14. The minimum Gasteiger partial charge on any atom is -0.458 e. The number of aromatic nitrogens is 2. The summed E-state index contributed by atoms with van der Waals surface area (Å²) >= 11 is 0. The molecule has 2 aromatic heterocycles. The van der Waals surface area contributed by atoms with E-state index in [9.17, 15) is 53.1 Å². The fourth-order valence-electron chi connectivity index (χ4n) is 10.3. The molecule has 5 heterocycles. The molecule has 0 saturated carbocycles. The zero-order valence-corrected chi connectivity index (χ0v) is 42.9. The topological polar surface area (TPSA) is 303 Å². The van der Waals surface area contributed by atoms with Crippen LogP contribution in [-0.2, 0) is 84.2 Å². The monoisotopic (exact) mass is 1070 g/mol. The fraction of sp³-hybridized carbons (Fsp3) is 0.400. The summed E-state index contributed by atoms with van der Waals surface area (Å²) in [6.45, 7) is 1.36. The van der Waals surface area contributed by atoms with Crippen molar-refractivity contribution < 1.29 is 62.1 Å². The average molecular weight is 1070 g/mol. The molecule has 23 heteroatoms. The predicted octanol–water partition coefficient (Wildman–Crippen LogP) is 0.981. The molecule has 7 N–H and O–H groups in total. The van der Waals surface area contributed by atoms with E-state index in [-0.39, 0.29) is 61.9 Å². The van der Waals surface area contributed by atoms with Crippen molar-refractivity contribution in [2.45, 2.75) is 109 Å². The third-order valence-electron chi connectivity index (χ3n) is 14.7. The van der Waals surface area contributed by atoms with E-state index in [1.165, 1.54) is 22.8 Å². The number of ether oxygens (including phenoxy) is 2. The number of pyridine rings is 2. The Morgan fingerprint density at radius 2 is 1.58 bits per heavy atom.